The van der Waals surface area contributed by atoms with Crippen molar-refractivity contribution in [3.8, 4) is 0 Å². The van der Waals surface area contributed by atoms with E-state index in [1.807, 2.05) is 12.1 Å². The Morgan fingerprint density at radius 3 is 2.67 bits per heavy atom. The summed E-state index contributed by atoms with van der Waals surface area (Å²) in [6.45, 7) is 5.07. The van der Waals surface area contributed by atoms with Crippen molar-refractivity contribution in [3.05, 3.63) is 22.8 Å². The molecule has 0 aliphatic heterocycles. The van der Waals surface area contributed by atoms with E-state index in [0.29, 0.717) is 18.5 Å². The van der Waals surface area contributed by atoms with Crippen LogP contribution in [-0.4, -0.2) is 17.6 Å². The molecule has 0 saturated heterocycles. The van der Waals surface area contributed by atoms with Crippen LogP contribution in [0.3, 0.4) is 0 Å². The van der Waals surface area contributed by atoms with E-state index in [4.69, 9.17) is 5.73 Å². The first-order chi connectivity index (χ1) is 7.13. The van der Waals surface area contributed by atoms with Crippen LogP contribution in [0.2, 0.25) is 0 Å². The number of hydrogen-bond acceptors (Lipinski definition) is 3. The Kier molecular flexibility index (Phi) is 5.05. The fraction of sp³-hybridized carbons (Fsp3) is 0.545. The second-order valence-electron chi connectivity index (χ2n) is 3.93. The predicted octanol–water partition coefficient (Wildman–Crippen LogP) is 2.63. The number of anilines is 1. The second-order valence-corrected chi connectivity index (χ2v) is 4.85. The number of pyridine rings is 1. The van der Waals surface area contributed by atoms with Crippen molar-refractivity contribution >= 4 is 21.7 Å². The van der Waals surface area contributed by atoms with Gasteiger partial charge < -0.3 is 11.1 Å². The molecule has 0 aromatic carbocycles. The molecule has 84 valence electrons. The summed E-state index contributed by atoms with van der Waals surface area (Å²) in [7, 11) is 0. The molecule has 1 aromatic heterocycles. The monoisotopic (exact) mass is 271 g/mol. The maximum Gasteiger partial charge on any atom is 0.126 e. The summed E-state index contributed by atoms with van der Waals surface area (Å²) >= 11 is 3.36. The minimum Gasteiger partial charge on any atom is -0.367 e. The summed E-state index contributed by atoms with van der Waals surface area (Å²) < 4.78 is 0.993. The van der Waals surface area contributed by atoms with Crippen LogP contribution in [0.1, 0.15) is 20.3 Å². The normalized spacial score (nSPS) is 12.9. The second kappa shape index (κ2) is 6.08. The molecule has 0 spiro atoms. The van der Waals surface area contributed by atoms with Gasteiger partial charge in [0.2, 0.25) is 0 Å². The van der Waals surface area contributed by atoms with E-state index in [-0.39, 0.29) is 0 Å². The summed E-state index contributed by atoms with van der Waals surface area (Å²) in [5, 5.41) is 3.39. The topological polar surface area (TPSA) is 50.9 Å². The predicted molar refractivity (Wildman–Crippen MR) is 67.9 cm³/mol. The van der Waals surface area contributed by atoms with Crippen LogP contribution < -0.4 is 11.1 Å². The molecule has 15 heavy (non-hydrogen) atoms. The smallest absolute Gasteiger partial charge is 0.126 e. The number of aromatic nitrogens is 1. The van der Waals surface area contributed by atoms with Crippen LogP contribution in [0, 0.1) is 5.92 Å². The summed E-state index contributed by atoms with van der Waals surface area (Å²) in [5.74, 6) is 1.46. The van der Waals surface area contributed by atoms with Gasteiger partial charge in [0.1, 0.15) is 5.82 Å². The first-order valence-corrected chi connectivity index (χ1v) is 6.01. The van der Waals surface area contributed by atoms with Crippen LogP contribution in [-0.2, 0) is 0 Å². The summed E-state index contributed by atoms with van der Waals surface area (Å²) in [6.07, 6.45) is 2.76. The van der Waals surface area contributed by atoms with Crippen molar-refractivity contribution < 1.29 is 0 Å². The van der Waals surface area contributed by atoms with Gasteiger partial charge in [0.05, 0.1) is 0 Å². The van der Waals surface area contributed by atoms with Crippen molar-refractivity contribution in [1.82, 2.24) is 4.98 Å². The molecule has 1 heterocycles. The van der Waals surface area contributed by atoms with Crippen LogP contribution >= 0.6 is 15.9 Å². The van der Waals surface area contributed by atoms with Crippen molar-refractivity contribution in [2.75, 3.05) is 11.9 Å². The van der Waals surface area contributed by atoms with E-state index in [2.05, 4.69) is 40.1 Å². The Balaban J connectivity index is 2.61. The van der Waals surface area contributed by atoms with Gasteiger partial charge in [-0.15, -0.1) is 0 Å². The molecular weight excluding hydrogens is 254 g/mol. The molecule has 1 atom stereocenters. The largest absolute Gasteiger partial charge is 0.367 e. The number of rotatable bonds is 5. The average Bonchev–Trinajstić information content (AvgIpc) is 2.20. The van der Waals surface area contributed by atoms with Gasteiger partial charge in [-0.05, 0) is 46.9 Å². The van der Waals surface area contributed by atoms with E-state index in [1.54, 1.807) is 6.20 Å². The number of halogens is 1. The van der Waals surface area contributed by atoms with Crippen molar-refractivity contribution in [2.45, 2.75) is 26.3 Å². The summed E-state index contributed by atoms with van der Waals surface area (Å²) in [4.78, 5) is 4.28. The number of nitrogens with one attached hydrogen (secondary N) is 1. The highest BCUT2D eigenvalue weighted by Gasteiger charge is 2.12. The number of nitrogens with zero attached hydrogens (tertiary/aromatic N) is 1. The Bertz CT molecular complexity index is 284. The molecule has 0 fully saturated rings. The highest BCUT2D eigenvalue weighted by atomic mass is 79.9. The maximum absolute atomic E-state index is 5.58. The van der Waals surface area contributed by atoms with E-state index in [1.165, 1.54) is 0 Å². The fourth-order valence-corrected chi connectivity index (χ4v) is 1.64. The Labute approximate surface area is 99.6 Å². The van der Waals surface area contributed by atoms with E-state index >= 15 is 0 Å². The molecule has 0 saturated carbocycles. The van der Waals surface area contributed by atoms with Gasteiger partial charge in [0, 0.05) is 16.7 Å². The molecular formula is C11H18BrN3. The number of nitrogens with two attached hydrogens (primary N) is 1. The lowest BCUT2D eigenvalue weighted by Gasteiger charge is -2.22. The van der Waals surface area contributed by atoms with Gasteiger partial charge in [0.15, 0.2) is 0 Å². The van der Waals surface area contributed by atoms with Gasteiger partial charge in [-0.3, -0.25) is 0 Å². The quantitative estimate of drug-likeness (QED) is 0.866. The lowest BCUT2D eigenvalue weighted by atomic mass is 10.0. The molecule has 1 unspecified atom stereocenters. The Hall–Kier alpha value is -0.610. The molecule has 0 amide bonds. The van der Waals surface area contributed by atoms with Gasteiger partial charge in [-0.1, -0.05) is 13.8 Å². The van der Waals surface area contributed by atoms with Gasteiger partial charge in [0.25, 0.3) is 0 Å². The third kappa shape index (κ3) is 4.18. The fourth-order valence-electron chi connectivity index (χ4n) is 1.40. The van der Waals surface area contributed by atoms with Gasteiger partial charge >= 0.3 is 0 Å². The maximum atomic E-state index is 5.58. The lowest BCUT2D eigenvalue weighted by Crippen LogP contribution is -2.28. The summed E-state index contributed by atoms with van der Waals surface area (Å²) in [6, 6.07) is 4.34. The highest BCUT2D eigenvalue weighted by Crippen LogP contribution is 2.15. The SMILES string of the molecule is CC(C)C(CCN)Nc1ccc(Br)cn1. The highest BCUT2D eigenvalue weighted by molar-refractivity contribution is 9.10. The van der Waals surface area contributed by atoms with Crippen LogP contribution in [0.25, 0.3) is 0 Å². The number of hydrogen-bond donors (Lipinski definition) is 2. The lowest BCUT2D eigenvalue weighted by molar-refractivity contribution is 0.497. The van der Waals surface area contributed by atoms with Crippen molar-refractivity contribution in [3.63, 3.8) is 0 Å². The molecule has 0 aliphatic rings. The molecule has 3 N–H and O–H groups in total. The molecule has 0 radical (unpaired) electrons. The van der Waals surface area contributed by atoms with E-state index in [9.17, 15) is 0 Å². The van der Waals surface area contributed by atoms with Crippen LogP contribution in [0.15, 0.2) is 22.8 Å². The molecule has 4 heteroatoms. The van der Waals surface area contributed by atoms with Gasteiger partial charge in [-0.2, -0.15) is 0 Å². The molecule has 3 nitrogen and oxygen atoms in total. The zero-order chi connectivity index (χ0) is 11.3. The van der Waals surface area contributed by atoms with Gasteiger partial charge in [-0.25, -0.2) is 4.98 Å². The Morgan fingerprint density at radius 2 is 2.20 bits per heavy atom. The molecule has 1 aromatic rings. The first kappa shape index (κ1) is 12.5. The average molecular weight is 272 g/mol. The van der Waals surface area contributed by atoms with Crippen LogP contribution in [0.4, 0.5) is 5.82 Å². The first-order valence-electron chi connectivity index (χ1n) is 5.21. The minimum absolute atomic E-state index is 0.392. The Morgan fingerprint density at radius 1 is 1.47 bits per heavy atom. The minimum atomic E-state index is 0.392. The van der Waals surface area contributed by atoms with E-state index < -0.39 is 0 Å². The zero-order valence-electron chi connectivity index (χ0n) is 9.20. The molecule has 0 bridgehead atoms. The molecule has 0 aliphatic carbocycles. The standard InChI is InChI=1S/C11H18BrN3/c1-8(2)10(5-6-13)15-11-4-3-9(12)7-14-11/h3-4,7-8,10H,5-6,13H2,1-2H3,(H,14,15). The van der Waals surface area contributed by atoms with Crippen LogP contribution in [0.5, 0.6) is 0 Å². The van der Waals surface area contributed by atoms with E-state index in [0.717, 1.165) is 16.7 Å². The third-order valence-electron chi connectivity index (χ3n) is 2.34. The molecule has 1 rings (SSSR count). The summed E-state index contributed by atoms with van der Waals surface area (Å²) in [5.41, 5.74) is 5.58. The van der Waals surface area contributed by atoms with Crippen molar-refractivity contribution in [1.29, 1.82) is 0 Å². The third-order valence-corrected chi connectivity index (χ3v) is 2.81. The zero-order valence-corrected chi connectivity index (χ0v) is 10.8. The van der Waals surface area contributed by atoms with Crippen molar-refractivity contribution in [2.24, 2.45) is 11.7 Å².